The summed E-state index contributed by atoms with van der Waals surface area (Å²) in [6, 6.07) is 24.8. The van der Waals surface area contributed by atoms with Crippen LogP contribution in [0.1, 0.15) is 58.3 Å². The van der Waals surface area contributed by atoms with E-state index in [1.54, 1.807) is 23.5 Å². The van der Waals surface area contributed by atoms with Gasteiger partial charge in [0.25, 0.3) is 11.8 Å². The van der Waals surface area contributed by atoms with Gasteiger partial charge in [0.1, 0.15) is 0 Å². The van der Waals surface area contributed by atoms with Crippen molar-refractivity contribution < 1.29 is 9.59 Å². The van der Waals surface area contributed by atoms with Crippen molar-refractivity contribution in [3.63, 3.8) is 0 Å². The van der Waals surface area contributed by atoms with Crippen molar-refractivity contribution in [1.29, 1.82) is 0 Å². The van der Waals surface area contributed by atoms with E-state index in [2.05, 4.69) is 71.9 Å². The summed E-state index contributed by atoms with van der Waals surface area (Å²) in [5.74, 6) is 0.0458. The fourth-order valence-corrected chi connectivity index (χ4v) is 7.35. The van der Waals surface area contributed by atoms with Crippen molar-refractivity contribution in [3.8, 4) is 0 Å². The van der Waals surface area contributed by atoms with E-state index < -0.39 is 0 Å². The number of nitrogens with one attached hydrogen (secondary N) is 1. The molecule has 5 rings (SSSR count). The Morgan fingerprint density at radius 2 is 1.79 bits per heavy atom. The number of hydrogen-bond acceptors (Lipinski definition) is 4. The third-order valence-corrected chi connectivity index (χ3v) is 9.72. The summed E-state index contributed by atoms with van der Waals surface area (Å²) in [7, 11) is 0. The van der Waals surface area contributed by atoms with Gasteiger partial charge in [-0.05, 0) is 79.5 Å². The van der Waals surface area contributed by atoms with Crippen LogP contribution in [0, 0.1) is 6.92 Å². The Morgan fingerprint density at radius 1 is 1.03 bits per heavy atom. The van der Waals surface area contributed by atoms with Gasteiger partial charge in [0, 0.05) is 34.8 Å². The van der Waals surface area contributed by atoms with Crippen LogP contribution in [0.15, 0.2) is 82.6 Å². The van der Waals surface area contributed by atoms with Crippen LogP contribution in [0.25, 0.3) is 6.08 Å². The molecule has 202 valence electrons. The molecule has 0 radical (unpaired) electrons. The Labute approximate surface area is 240 Å². The normalized spacial score (nSPS) is 20.1. The Kier molecular flexibility index (Phi) is 9.15. The van der Waals surface area contributed by atoms with E-state index in [-0.39, 0.29) is 11.8 Å². The number of carbonyl (C=O) groups is 2. The largest absolute Gasteiger partial charge is 0.352 e. The summed E-state index contributed by atoms with van der Waals surface area (Å²) < 4.78 is 0. The molecule has 2 atom stereocenters. The summed E-state index contributed by atoms with van der Waals surface area (Å²) >= 11 is 3.47. The van der Waals surface area contributed by atoms with E-state index in [0.717, 1.165) is 29.7 Å². The zero-order valence-electron chi connectivity index (χ0n) is 22.7. The first-order chi connectivity index (χ1) is 19.0. The molecule has 0 aromatic heterocycles. The van der Waals surface area contributed by atoms with Gasteiger partial charge in [0.2, 0.25) is 0 Å². The number of hydrogen-bond donors (Lipinski definition) is 1. The van der Waals surface area contributed by atoms with Crippen molar-refractivity contribution in [1.82, 2.24) is 10.2 Å². The zero-order chi connectivity index (χ0) is 27.2. The lowest BCUT2D eigenvalue weighted by atomic mass is 9.92. The molecule has 2 unspecified atom stereocenters. The maximum atomic E-state index is 13.7. The minimum absolute atomic E-state index is 0.0765. The van der Waals surface area contributed by atoms with E-state index in [1.165, 1.54) is 34.4 Å². The SMILES string of the molecule is CSc1ccc(CCNC(=O)c2ccc(/C=C3/SC4CCCCC4N(Cc4cccc(C)c4)C3=O)cc2)cc1. The molecular formula is C33H36N2O2S2. The zero-order valence-corrected chi connectivity index (χ0v) is 24.3. The van der Waals surface area contributed by atoms with Crippen molar-refractivity contribution >= 4 is 41.4 Å². The molecule has 3 aromatic carbocycles. The number of nitrogens with zero attached hydrogens (tertiary/aromatic N) is 1. The Balaban J connectivity index is 1.24. The number of benzene rings is 3. The Bertz CT molecular complexity index is 1330. The number of thioether (sulfide) groups is 2. The summed E-state index contributed by atoms with van der Waals surface area (Å²) in [6.45, 7) is 3.34. The van der Waals surface area contributed by atoms with E-state index in [1.807, 2.05) is 30.3 Å². The quantitative estimate of drug-likeness (QED) is 0.237. The lowest BCUT2D eigenvalue weighted by Crippen LogP contribution is -2.50. The van der Waals surface area contributed by atoms with Crippen LogP contribution in [0.3, 0.4) is 0 Å². The van der Waals surface area contributed by atoms with Gasteiger partial charge >= 0.3 is 0 Å². The van der Waals surface area contributed by atoms with Crippen LogP contribution >= 0.6 is 23.5 Å². The van der Waals surface area contributed by atoms with Crippen LogP contribution in [0.5, 0.6) is 0 Å². The van der Waals surface area contributed by atoms with Gasteiger partial charge in [0.05, 0.1) is 4.91 Å². The van der Waals surface area contributed by atoms with Gasteiger partial charge in [-0.2, -0.15) is 0 Å². The Morgan fingerprint density at radius 3 is 2.54 bits per heavy atom. The number of amides is 2. The fourth-order valence-electron chi connectivity index (χ4n) is 5.47. The van der Waals surface area contributed by atoms with Crippen LogP contribution in [0.2, 0.25) is 0 Å². The molecule has 1 saturated carbocycles. The second kappa shape index (κ2) is 12.9. The molecule has 39 heavy (non-hydrogen) atoms. The summed E-state index contributed by atoms with van der Waals surface area (Å²) in [4.78, 5) is 30.5. The number of aryl methyl sites for hydroxylation is 1. The molecule has 0 bridgehead atoms. The van der Waals surface area contributed by atoms with Crippen molar-refractivity contribution in [3.05, 3.63) is 106 Å². The molecule has 1 aliphatic heterocycles. The molecular weight excluding hydrogens is 521 g/mol. The van der Waals surface area contributed by atoms with Gasteiger partial charge in [-0.3, -0.25) is 9.59 Å². The minimum Gasteiger partial charge on any atom is -0.352 e. The van der Waals surface area contributed by atoms with Crippen molar-refractivity contribution in [2.75, 3.05) is 12.8 Å². The predicted molar refractivity (Wildman–Crippen MR) is 164 cm³/mol. The van der Waals surface area contributed by atoms with Gasteiger partial charge in [-0.1, -0.05) is 66.9 Å². The molecule has 2 fully saturated rings. The monoisotopic (exact) mass is 556 g/mol. The molecule has 0 spiro atoms. The molecule has 2 aliphatic rings. The third kappa shape index (κ3) is 6.98. The lowest BCUT2D eigenvalue weighted by molar-refractivity contribution is -0.130. The Hall–Kier alpha value is -2.96. The standard InChI is InChI=1S/C33H36N2O2S2/c1-23-6-5-7-26(20-23)22-35-29-8-3-4-9-30(29)39-31(33(35)37)21-25-10-14-27(15-11-25)32(36)34-19-18-24-12-16-28(38-2)17-13-24/h5-7,10-17,20-21,29-30H,3-4,8-9,18-19,22H2,1-2H3,(H,34,36)/b31-21+. The van der Waals surface area contributed by atoms with Crippen LogP contribution in [-0.4, -0.2) is 40.8 Å². The second-order valence-electron chi connectivity index (χ2n) is 10.4. The molecule has 1 heterocycles. The fraction of sp³-hybridized carbons (Fsp3) is 0.333. The maximum Gasteiger partial charge on any atom is 0.260 e. The first-order valence-electron chi connectivity index (χ1n) is 13.8. The average molecular weight is 557 g/mol. The van der Waals surface area contributed by atoms with E-state index in [9.17, 15) is 9.59 Å². The number of fused-ring (bicyclic) bond motifs is 1. The predicted octanol–water partition coefficient (Wildman–Crippen LogP) is 7.12. The highest BCUT2D eigenvalue weighted by Gasteiger charge is 2.40. The summed E-state index contributed by atoms with van der Waals surface area (Å²) in [6.07, 6.45) is 9.50. The topological polar surface area (TPSA) is 49.4 Å². The second-order valence-corrected chi connectivity index (χ2v) is 12.6. The molecule has 1 N–H and O–H groups in total. The van der Waals surface area contributed by atoms with Gasteiger partial charge in [-0.25, -0.2) is 0 Å². The molecule has 4 nitrogen and oxygen atoms in total. The smallest absolute Gasteiger partial charge is 0.260 e. The lowest BCUT2D eigenvalue weighted by Gasteiger charge is -2.44. The van der Waals surface area contributed by atoms with E-state index in [4.69, 9.17) is 0 Å². The molecule has 2 amide bonds. The number of rotatable bonds is 8. The minimum atomic E-state index is -0.0765. The third-order valence-electron chi connectivity index (χ3n) is 7.58. The highest BCUT2D eigenvalue weighted by Crippen LogP contribution is 2.42. The van der Waals surface area contributed by atoms with Gasteiger partial charge in [0.15, 0.2) is 0 Å². The van der Waals surface area contributed by atoms with E-state index in [0.29, 0.717) is 29.9 Å². The van der Waals surface area contributed by atoms with Gasteiger partial charge < -0.3 is 10.2 Å². The van der Waals surface area contributed by atoms with Crippen LogP contribution in [0.4, 0.5) is 0 Å². The summed E-state index contributed by atoms with van der Waals surface area (Å²) in [5.41, 5.74) is 5.19. The molecule has 3 aromatic rings. The van der Waals surface area contributed by atoms with Gasteiger partial charge in [-0.15, -0.1) is 23.5 Å². The van der Waals surface area contributed by atoms with Crippen molar-refractivity contribution in [2.45, 2.75) is 61.8 Å². The summed E-state index contributed by atoms with van der Waals surface area (Å²) in [5, 5.41) is 3.46. The first-order valence-corrected chi connectivity index (χ1v) is 15.9. The highest BCUT2D eigenvalue weighted by molar-refractivity contribution is 8.04. The molecule has 6 heteroatoms. The van der Waals surface area contributed by atoms with Crippen LogP contribution < -0.4 is 5.32 Å². The van der Waals surface area contributed by atoms with E-state index >= 15 is 0 Å². The maximum absolute atomic E-state index is 13.7. The van der Waals surface area contributed by atoms with Crippen LogP contribution in [-0.2, 0) is 17.8 Å². The average Bonchev–Trinajstić information content (AvgIpc) is 2.96. The number of carbonyl (C=O) groups excluding carboxylic acids is 2. The first kappa shape index (κ1) is 27.6. The van der Waals surface area contributed by atoms with Crippen molar-refractivity contribution in [2.24, 2.45) is 0 Å². The molecule has 1 aliphatic carbocycles. The highest BCUT2D eigenvalue weighted by atomic mass is 32.2. The molecule has 1 saturated heterocycles.